The molecule has 0 bridgehead atoms. The van der Waals surface area contributed by atoms with Crippen LogP contribution in [-0.2, 0) is 9.47 Å². The summed E-state index contributed by atoms with van der Waals surface area (Å²) in [6, 6.07) is 6.34. The number of benzene rings is 1. The van der Waals surface area contributed by atoms with E-state index in [-0.39, 0.29) is 11.9 Å². The molecule has 0 saturated heterocycles. The molecule has 0 aliphatic rings. The largest absolute Gasteiger partial charge is 0.462 e. The molecule has 0 aliphatic carbocycles. The van der Waals surface area contributed by atoms with Gasteiger partial charge in [-0.25, -0.2) is 9.59 Å². The molecule has 4 nitrogen and oxygen atoms in total. The first-order valence-corrected chi connectivity index (χ1v) is 7.13. The van der Waals surface area contributed by atoms with Crippen LogP contribution in [0.15, 0.2) is 24.3 Å². The fourth-order valence-corrected chi connectivity index (χ4v) is 1.62. The Morgan fingerprint density at radius 2 is 1.30 bits per heavy atom. The molecule has 1 aromatic carbocycles. The lowest BCUT2D eigenvalue weighted by molar-refractivity contribution is 0.0487. The first kappa shape index (κ1) is 16.2. The monoisotopic (exact) mass is 278 g/mol. The van der Waals surface area contributed by atoms with Crippen LogP contribution in [0.5, 0.6) is 0 Å². The summed E-state index contributed by atoms with van der Waals surface area (Å²) in [4.78, 5) is 23.3. The minimum Gasteiger partial charge on any atom is -0.462 e. The molecule has 0 N–H and O–H groups in total. The van der Waals surface area contributed by atoms with Crippen LogP contribution in [0.25, 0.3) is 0 Å². The smallest absolute Gasteiger partial charge is 0.338 e. The van der Waals surface area contributed by atoms with Gasteiger partial charge in [0.2, 0.25) is 0 Å². The van der Waals surface area contributed by atoms with Crippen molar-refractivity contribution in [1.82, 2.24) is 0 Å². The molecule has 0 aliphatic heterocycles. The topological polar surface area (TPSA) is 52.6 Å². The van der Waals surface area contributed by atoms with Gasteiger partial charge in [-0.2, -0.15) is 0 Å². The molecule has 20 heavy (non-hydrogen) atoms. The second kappa shape index (κ2) is 9.13. The highest BCUT2D eigenvalue weighted by Gasteiger charge is 2.10. The van der Waals surface area contributed by atoms with Crippen molar-refractivity contribution in [2.45, 2.75) is 39.5 Å². The third-order valence-corrected chi connectivity index (χ3v) is 2.77. The van der Waals surface area contributed by atoms with Gasteiger partial charge in [0.15, 0.2) is 0 Å². The van der Waals surface area contributed by atoms with E-state index < -0.39 is 0 Å². The highest BCUT2D eigenvalue weighted by atomic mass is 16.5. The van der Waals surface area contributed by atoms with E-state index in [1.54, 1.807) is 24.3 Å². The van der Waals surface area contributed by atoms with E-state index >= 15 is 0 Å². The second-order valence-electron chi connectivity index (χ2n) is 4.56. The van der Waals surface area contributed by atoms with Crippen LogP contribution < -0.4 is 0 Å². The number of carbonyl (C=O) groups is 2. The summed E-state index contributed by atoms with van der Waals surface area (Å²) in [7, 11) is 0. The normalized spacial score (nSPS) is 10.1. The highest BCUT2D eigenvalue weighted by molar-refractivity contribution is 5.93. The van der Waals surface area contributed by atoms with Crippen molar-refractivity contribution in [3.8, 4) is 0 Å². The number of ether oxygens (including phenoxy) is 2. The Bertz CT molecular complexity index is 423. The summed E-state index contributed by atoms with van der Waals surface area (Å²) < 4.78 is 10.2. The van der Waals surface area contributed by atoms with Crippen LogP contribution in [0.1, 0.15) is 60.2 Å². The maximum atomic E-state index is 11.7. The standard InChI is InChI=1S/C16H22O4/c1-3-5-6-12-20-16(18)14-9-7-13(8-10-14)15(17)19-11-4-2/h7-10H,3-6,11-12H2,1-2H3. The van der Waals surface area contributed by atoms with Crippen molar-refractivity contribution in [3.05, 3.63) is 35.4 Å². The van der Waals surface area contributed by atoms with Gasteiger partial charge < -0.3 is 9.47 Å². The van der Waals surface area contributed by atoms with E-state index in [0.717, 1.165) is 25.7 Å². The average molecular weight is 278 g/mol. The first-order chi connectivity index (χ1) is 9.69. The quantitative estimate of drug-likeness (QED) is 0.538. The molecule has 1 aromatic rings. The van der Waals surface area contributed by atoms with Gasteiger partial charge in [-0.3, -0.25) is 0 Å². The van der Waals surface area contributed by atoms with Gasteiger partial charge in [0.25, 0.3) is 0 Å². The van der Waals surface area contributed by atoms with Gasteiger partial charge >= 0.3 is 11.9 Å². The molecule has 0 fully saturated rings. The molecule has 0 saturated carbocycles. The van der Waals surface area contributed by atoms with E-state index in [1.165, 1.54) is 0 Å². The summed E-state index contributed by atoms with van der Waals surface area (Å²) in [5.41, 5.74) is 0.898. The molecule has 0 unspecified atom stereocenters. The van der Waals surface area contributed by atoms with Crippen molar-refractivity contribution >= 4 is 11.9 Å². The zero-order chi connectivity index (χ0) is 14.8. The summed E-state index contributed by atoms with van der Waals surface area (Å²) in [6.07, 6.45) is 3.80. The minimum absolute atomic E-state index is 0.352. The van der Waals surface area contributed by atoms with Crippen LogP contribution in [-0.4, -0.2) is 25.2 Å². The Kier molecular flexibility index (Phi) is 7.40. The molecule has 0 amide bonds. The average Bonchev–Trinajstić information content (AvgIpc) is 2.49. The van der Waals surface area contributed by atoms with E-state index in [0.29, 0.717) is 24.3 Å². The Balaban J connectivity index is 2.48. The lowest BCUT2D eigenvalue weighted by atomic mass is 10.1. The third-order valence-electron chi connectivity index (χ3n) is 2.77. The molecule has 0 spiro atoms. The summed E-state index contributed by atoms with van der Waals surface area (Å²) in [5, 5.41) is 0. The zero-order valence-corrected chi connectivity index (χ0v) is 12.2. The van der Waals surface area contributed by atoms with E-state index in [2.05, 4.69) is 6.92 Å². The fraction of sp³-hybridized carbons (Fsp3) is 0.500. The molecule has 4 heteroatoms. The molecule has 0 aromatic heterocycles. The Morgan fingerprint density at radius 1 is 0.800 bits per heavy atom. The molecule has 110 valence electrons. The van der Waals surface area contributed by atoms with Gasteiger partial charge in [-0.15, -0.1) is 0 Å². The van der Waals surface area contributed by atoms with E-state index in [4.69, 9.17) is 9.47 Å². The molecule has 0 radical (unpaired) electrons. The van der Waals surface area contributed by atoms with Crippen molar-refractivity contribution < 1.29 is 19.1 Å². The number of esters is 2. The van der Waals surface area contributed by atoms with E-state index in [1.807, 2.05) is 6.92 Å². The zero-order valence-electron chi connectivity index (χ0n) is 12.2. The summed E-state index contributed by atoms with van der Waals surface area (Å²) in [5.74, 6) is -0.718. The van der Waals surface area contributed by atoms with Crippen molar-refractivity contribution in [3.63, 3.8) is 0 Å². The van der Waals surface area contributed by atoms with Gasteiger partial charge in [-0.05, 0) is 37.1 Å². The van der Waals surface area contributed by atoms with Gasteiger partial charge in [0.05, 0.1) is 24.3 Å². The molecule has 1 rings (SSSR count). The maximum absolute atomic E-state index is 11.7. The number of rotatable bonds is 8. The summed E-state index contributed by atoms with van der Waals surface area (Å²) >= 11 is 0. The van der Waals surface area contributed by atoms with Gasteiger partial charge in [0.1, 0.15) is 0 Å². The highest BCUT2D eigenvalue weighted by Crippen LogP contribution is 2.08. The third kappa shape index (κ3) is 5.43. The van der Waals surface area contributed by atoms with Crippen molar-refractivity contribution in [2.75, 3.05) is 13.2 Å². The number of unbranched alkanes of at least 4 members (excludes halogenated alkanes) is 2. The molecule has 0 heterocycles. The van der Waals surface area contributed by atoms with Gasteiger partial charge in [0, 0.05) is 0 Å². The molecule has 0 atom stereocenters. The van der Waals surface area contributed by atoms with Crippen LogP contribution in [0.2, 0.25) is 0 Å². The van der Waals surface area contributed by atoms with Gasteiger partial charge in [-0.1, -0.05) is 26.7 Å². The SMILES string of the molecule is CCCCCOC(=O)c1ccc(C(=O)OCCC)cc1. The lowest BCUT2D eigenvalue weighted by Gasteiger charge is -2.06. The Labute approximate surface area is 120 Å². The lowest BCUT2D eigenvalue weighted by Crippen LogP contribution is -2.08. The van der Waals surface area contributed by atoms with Crippen LogP contribution in [0, 0.1) is 0 Å². The predicted molar refractivity (Wildman–Crippen MR) is 76.8 cm³/mol. The predicted octanol–water partition coefficient (Wildman–Crippen LogP) is 3.60. The second-order valence-corrected chi connectivity index (χ2v) is 4.56. The Hall–Kier alpha value is -1.84. The first-order valence-electron chi connectivity index (χ1n) is 7.13. The minimum atomic E-state index is -0.366. The summed E-state index contributed by atoms with van der Waals surface area (Å²) in [6.45, 7) is 4.87. The molecular weight excluding hydrogens is 256 g/mol. The van der Waals surface area contributed by atoms with Crippen molar-refractivity contribution in [2.24, 2.45) is 0 Å². The number of carbonyl (C=O) groups excluding carboxylic acids is 2. The number of hydrogen-bond acceptors (Lipinski definition) is 4. The Morgan fingerprint density at radius 3 is 1.75 bits per heavy atom. The van der Waals surface area contributed by atoms with Crippen LogP contribution in [0.3, 0.4) is 0 Å². The fourth-order valence-electron chi connectivity index (χ4n) is 1.62. The van der Waals surface area contributed by atoms with E-state index in [9.17, 15) is 9.59 Å². The van der Waals surface area contributed by atoms with Crippen molar-refractivity contribution in [1.29, 1.82) is 0 Å². The molecular formula is C16H22O4. The van der Waals surface area contributed by atoms with Crippen LogP contribution >= 0.6 is 0 Å². The van der Waals surface area contributed by atoms with Crippen LogP contribution in [0.4, 0.5) is 0 Å². The maximum Gasteiger partial charge on any atom is 0.338 e. The number of hydrogen-bond donors (Lipinski definition) is 0.